The van der Waals surface area contributed by atoms with Crippen LogP contribution in [0.2, 0.25) is 0 Å². The van der Waals surface area contributed by atoms with Crippen LogP contribution in [0.1, 0.15) is 23.7 Å². The number of rotatable bonds is 6. The van der Waals surface area contributed by atoms with Gasteiger partial charge in [0.05, 0.1) is 18.4 Å². The summed E-state index contributed by atoms with van der Waals surface area (Å²) in [4.78, 5) is 17.4. The van der Waals surface area contributed by atoms with Crippen LogP contribution < -0.4 is 10.3 Å². The van der Waals surface area contributed by atoms with E-state index in [-0.39, 0.29) is 5.56 Å². The van der Waals surface area contributed by atoms with Gasteiger partial charge in [0.1, 0.15) is 5.75 Å². The standard InChI is InChI=1S/C21H23N3O2/c1-15(22-14-13-17-9-11-19(26-3)12-10-17)20-16(2)23-24(21(20)25)18-7-5-4-6-8-18/h4-12,23H,13-14H2,1-3H3. The maximum absolute atomic E-state index is 12.8. The molecule has 3 aromatic rings. The van der Waals surface area contributed by atoms with Gasteiger partial charge in [-0.2, -0.15) is 0 Å². The molecule has 5 heteroatoms. The van der Waals surface area contributed by atoms with Crippen LogP contribution in [0.15, 0.2) is 64.4 Å². The third-order valence-electron chi connectivity index (χ3n) is 4.36. The highest BCUT2D eigenvalue weighted by Crippen LogP contribution is 2.12. The number of aromatic nitrogens is 2. The second-order valence-electron chi connectivity index (χ2n) is 6.15. The summed E-state index contributed by atoms with van der Waals surface area (Å²) in [6.45, 7) is 4.42. The van der Waals surface area contributed by atoms with Crippen LogP contribution >= 0.6 is 0 Å². The zero-order chi connectivity index (χ0) is 18.5. The Kier molecular flexibility index (Phi) is 5.37. The van der Waals surface area contributed by atoms with Crippen molar-refractivity contribution in [2.24, 2.45) is 4.99 Å². The van der Waals surface area contributed by atoms with Crippen molar-refractivity contribution in [3.63, 3.8) is 0 Å². The predicted molar refractivity (Wildman–Crippen MR) is 105 cm³/mol. The van der Waals surface area contributed by atoms with Crippen LogP contribution in [0.25, 0.3) is 5.69 Å². The van der Waals surface area contributed by atoms with E-state index in [1.54, 1.807) is 11.8 Å². The van der Waals surface area contributed by atoms with Crippen LogP contribution in [0.4, 0.5) is 0 Å². The Balaban J connectivity index is 1.76. The van der Waals surface area contributed by atoms with Crippen LogP contribution in [0.5, 0.6) is 5.75 Å². The van der Waals surface area contributed by atoms with E-state index in [0.29, 0.717) is 12.1 Å². The molecule has 1 N–H and O–H groups in total. The molecule has 0 saturated carbocycles. The normalized spacial score (nSPS) is 11.6. The Hall–Kier alpha value is -3.08. The predicted octanol–water partition coefficient (Wildman–Crippen LogP) is 3.53. The Morgan fingerprint density at radius 1 is 1.12 bits per heavy atom. The lowest BCUT2D eigenvalue weighted by Crippen LogP contribution is -2.19. The summed E-state index contributed by atoms with van der Waals surface area (Å²) in [6.07, 6.45) is 0.817. The molecule has 0 unspecified atom stereocenters. The lowest BCUT2D eigenvalue weighted by Gasteiger charge is -2.02. The summed E-state index contributed by atoms with van der Waals surface area (Å²) in [5.41, 5.74) is 4.16. The number of ether oxygens (including phenoxy) is 1. The third kappa shape index (κ3) is 3.77. The van der Waals surface area contributed by atoms with E-state index < -0.39 is 0 Å². The second-order valence-corrected chi connectivity index (χ2v) is 6.15. The molecule has 2 aromatic carbocycles. The molecule has 0 bridgehead atoms. The van der Waals surface area contributed by atoms with Crippen molar-refractivity contribution >= 4 is 5.71 Å². The minimum Gasteiger partial charge on any atom is -0.497 e. The first kappa shape index (κ1) is 17.7. The van der Waals surface area contributed by atoms with E-state index in [1.807, 2.05) is 68.4 Å². The van der Waals surface area contributed by atoms with Gasteiger partial charge in [-0.15, -0.1) is 0 Å². The van der Waals surface area contributed by atoms with Crippen LogP contribution in [-0.2, 0) is 6.42 Å². The molecule has 0 atom stereocenters. The molecule has 3 rings (SSSR count). The van der Waals surface area contributed by atoms with Gasteiger partial charge in [-0.25, -0.2) is 4.68 Å². The van der Waals surface area contributed by atoms with E-state index in [4.69, 9.17) is 4.74 Å². The zero-order valence-corrected chi connectivity index (χ0v) is 15.3. The van der Waals surface area contributed by atoms with Crippen molar-refractivity contribution in [1.82, 2.24) is 9.78 Å². The average Bonchev–Trinajstić information content (AvgIpc) is 2.97. The molecular formula is C21H23N3O2. The first-order valence-electron chi connectivity index (χ1n) is 8.61. The number of aliphatic imine (C=N–C) groups is 1. The van der Waals surface area contributed by atoms with Gasteiger partial charge in [0.25, 0.3) is 5.56 Å². The van der Waals surface area contributed by atoms with Crippen molar-refractivity contribution in [3.8, 4) is 11.4 Å². The minimum atomic E-state index is -0.0700. The number of hydrogen-bond acceptors (Lipinski definition) is 3. The molecule has 0 aliphatic carbocycles. The lowest BCUT2D eigenvalue weighted by molar-refractivity contribution is 0.414. The number of methoxy groups -OCH3 is 1. The summed E-state index contributed by atoms with van der Waals surface area (Å²) >= 11 is 0. The number of nitrogens with zero attached hydrogens (tertiary/aromatic N) is 2. The van der Waals surface area contributed by atoms with Crippen LogP contribution in [0, 0.1) is 6.92 Å². The van der Waals surface area contributed by atoms with Crippen molar-refractivity contribution in [3.05, 3.63) is 81.8 Å². The highest BCUT2D eigenvalue weighted by molar-refractivity contribution is 5.99. The molecule has 5 nitrogen and oxygen atoms in total. The fraction of sp³-hybridized carbons (Fsp3) is 0.238. The maximum atomic E-state index is 12.8. The quantitative estimate of drug-likeness (QED) is 0.692. The smallest absolute Gasteiger partial charge is 0.280 e. The highest BCUT2D eigenvalue weighted by atomic mass is 16.5. The number of aromatic amines is 1. The van der Waals surface area contributed by atoms with E-state index in [9.17, 15) is 4.79 Å². The fourth-order valence-corrected chi connectivity index (χ4v) is 2.96. The minimum absolute atomic E-state index is 0.0700. The summed E-state index contributed by atoms with van der Waals surface area (Å²) in [5.74, 6) is 0.845. The Morgan fingerprint density at radius 3 is 2.46 bits per heavy atom. The van der Waals surface area contributed by atoms with E-state index >= 15 is 0 Å². The van der Waals surface area contributed by atoms with Crippen molar-refractivity contribution in [2.75, 3.05) is 13.7 Å². The second kappa shape index (κ2) is 7.87. The average molecular weight is 349 g/mol. The first-order chi connectivity index (χ1) is 12.6. The largest absolute Gasteiger partial charge is 0.497 e. The van der Waals surface area contributed by atoms with Crippen LogP contribution in [0.3, 0.4) is 0 Å². The third-order valence-corrected chi connectivity index (χ3v) is 4.36. The molecule has 0 radical (unpaired) electrons. The molecule has 1 aromatic heterocycles. The van der Waals surface area contributed by atoms with Gasteiger partial charge >= 0.3 is 0 Å². The Morgan fingerprint density at radius 2 is 1.81 bits per heavy atom. The lowest BCUT2D eigenvalue weighted by atomic mass is 10.1. The molecule has 134 valence electrons. The van der Waals surface area contributed by atoms with Gasteiger partial charge in [-0.05, 0) is 50.1 Å². The first-order valence-corrected chi connectivity index (χ1v) is 8.61. The molecular weight excluding hydrogens is 326 g/mol. The molecule has 0 aliphatic heterocycles. The summed E-state index contributed by atoms with van der Waals surface area (Å²) in [7, 11) is 1.66. The maximum Gasteiger partial charge on any atom is 0.280 e. The van der Waals surface area contributed by atoms with E-state index in [1.165, 1.54) is 5.56 Å². The highest BCUT2D eigenvalue weighted by Gasteiger charge is 2.14. The molecule has 0 aliphatic rings. The molecule has 0 fully saturated rings. The number of nitrogens with one attached hydrogen (secondary N) is 1. The van der Waals surface area contributed by atoms with Gasteiger partial charge in [-0.1, -0.05) is 30.3 Å². The molecule has 0 saturated heterocycles. The van der Waals surface area contributed by atoms with Gasteiger partial charge in [-0.3, -0.25) is 14.9 Å². The SMILES string of the molecule is COc1ccc(CCN=C(C)c2c(C)[nH]n(-c3ccccc3)c2=O)cc1. The molecule has 1 heterocycles. The summed E-state index contributed by atoms with van der Waals surface area (Å²) in [6, 6.07) is 17.5. The van der Waals surface area contributed by atoms with Gasteiger partial charge in [0.2, 0.25) is 0 Å². The Bertz CT molecular complexity index is 951. The van der Waals surface area contributed by atoms with Crippen LogP contribution in [-0.4, -0.2) is 29.1 Å². The topological polar surface area (TPSA) is 59.4 Å². The Labute approximate surface area is 153 Å². The van der Waals surface area contributed by atoms with Gasteiger partial charge < -0.3 is 4.74 Å². The number of para-hydroxylation sites is 1. The summed E-state index contributed by atoms with van der Waals surface area (Å²) in [5, 5.41) is 3.14. The van der Waals surface area contributed by atoms with Gasteiger partial charge in [0.15, 0.2) is 0 Å². The number of hydrogen-bond donors (Lipinski definition) is 1. The fourth-order valence-electron chi connectivity index (χ4n) is 2.96. The molecule has 0 spiro atoms. The van der Waals surface area contributed by atoms with Gasteiger partial charge in [0, 0.05) is 18.0 Å². The molecule has 0 amide bonds. The summed E-state index contributed by atoms with van der Waals surface area (Å²) < 4.78 is 6.73. The van der Waals surface area contributed by atoms with E-state index in [2.05, 4.69) is 10.1 Å². The van der Waals surface area contributed by atoms with Crippen molar-refractivity contribution in [1.29, 1.82) is 0 Å². The number of benzene rings is 2. The number of aryl methyl sites for hydroxylation is 1. The van der Waals surface area contributed by atoms with Crippen molar-refractivity contribution < 1.29 is 4.74 Å². The van der Waals surface area contributed by atoms with E-state index in [0.717, 1.165) is 29.3 Å². The zero-order valence-electron chi connectivity index (χ0n) is 15.3. The molecule has 26 heavy (non-hydrogen) atoms. The van der Waals surface area contributed by atoms with Crippen molar-refractivity contribution in [2.45, 2.75) is 20.3 Å². The monoisotopic (exact) mass is 349 g/mol. The number of H-pyrrole nitrogens is 1.